The minimum Gasteiger partial charge on any atom is -0.373 e. The summed E-state index contributed by atoms with van der Waals surface area (Å²) in [5.41, 5.74) is 3.28. The number of hydrogen-bond donors (Lipinski definition) is 0. The van der Waals surface area contributed by atoms with Crippen LogP contribution in [0.2, 0.25) is 0 Å². The molecule has 1 unspecified atom stereocenters. The number of benzene rings is 1. The van der Waals surface area contributed by atoms with E-state index in [4.69, 9.17) is 4.99 Å². The van der Waals surface area contributed by atoms with Crippen molar-refractivity contribution in [3.63, 3.8) is 0 Å². The molecule has 0 radical (unpaired) electrons. The van der Waals surface area contributed by atoms with Crippen LogP contribution in [0.15, 0.2) is 84.3 Å². The molecule has 2 bridgehead atoms. The van der Waals surface area contributed by atoms with E-state index in [-0.39, 0.29) is 11.9 Å². The Morgan fingerprint density at radius 1 is 1.22 bits per heavy atom. The minimum atomic E-state index is -0.314. The first-order valence-corrected chi connectivity index (χ1v) is 8.92. The number of hydrogen-bond acceptors (Lipinski definition) is 4. The van der Waals surface area contributed by atoms with Gasteiger partial charge in [0.25, 0.3) is 0 Å². The van der Waals surface area contributed by atoms with Crippen LogP contribution in [-0.2, 0) is 6.54 Å². The number of rotatable bonds is 3. The Bertz CT molecular complexity index is 946. The molecule has 4 rings (SSSR count). The van der Waals surface area contributed by atoms with Crippen molar-refractivity contribution in [1.82, 2.24) is 14.8 Å². The first-order valence-electron chi connectivity index (χ1n) is 8.92. The van der Waals surface area contributed by atoms with Gasteiger partial charge < -0.3 is 9.80 Å². The fraction of sp³-hybridized carbons (Fsp3) is 0.182. The molecule has 2 aromatic rings. The lowest BCUT2D eigenvalue weighted by atomic mass is 10.0. The summed E-state index contributed by atoms with van der Waals surface area (Å²) in [5.74, 6) is 0.597. The largest absolute Gasteiger partial charge is 0.373 e. The van der Waals surface area contributed by atoms with Gasteiger partial charge in [0.2, 0.25) is 0 Å². The first-order chi connectivity index (χ1) is 13.1. The van der Waals surface area contributed by atoms with Crippen LogP contribution in [0.25, 0.3) is 5.70 Å². The van der Waals surface area contributed by atoms with Crippen LogP contribution in [0, 0.1) is 5.82 Å². The number of allylic oxidation sites excluding steroid dienone is 1. The third kappa shape index (κ3) is 3.67. The maximum Gasteiger partial charge on any atom is 0.126 e. The standard InChI is InChI=1S/C22H21FN4/c1-16-9-11-26(2)19-13-21(20-12-18(23)8-10-24-20)25-22(14-19)27(16)15-17-6-4-3-5-7-17/h3-13,19H,1,14-15H2,2H3/b11-9-. The molecule has 136 valence electrons. The van der Waals surface area contributed by atoms with Crippen molar-refractivity contribution in [3.05, 3.63) is 96.4 Å². The van der Waals surface area contributed by atoms with E-state index in [0.717, 1.165) is 18.0 Å². The Kier molecular flexibility index (Phi) is 4.59. The second-order valence-electron chi connectivity index (χ2n) is 6.75. The van der Waals surface area contributed by atoms with Crippen molar-refractivity contribution in [2.45, 2.75) is 19.0 Å². The minimum absolute atomic E-state index is 0.125. The van der Waals surface area contributed by atoms with Gasteiger partial charge in [-0.25, -0.2) is 9.38 Å². The van der Waals surface area contributed by atoms with Gasteiger partial charge in [-0.3, -0.25) is 4.98 Å². The van der Waals surface area contributed by atoms with Crippen LogP contribution >= 0.6 is 0 Å². The molecule has 0 fully saturated rings. The lowest BCUT2D eigenvalue weighted by Crippen LogP contribution is -2.39. The molecular formula is C22H21FN4. The molecule has 1 aromatic carbocycles. The predicted molar refractivity (Wildman–Crippen MR) is 106 cm³/mol. The number of pyridine rings is 1. The van der Waals surface area contributed by atoms with Gasteiger partial charge in [0.05, 0.1) is 17.4 Å². The normalized spacial score (nSPS) is 20.5. The van der Waals surface area contributed by atoms with Crippen molar-refractivity contribution >= 4 is 11.5 Å². The average molecular weight is 360 g/mol. The highest BCUT2D eigenvalue weighted by Gasteiger charge is 2.27. The summed E-state index contributed by atoms with van der Waals surface area (Å²) in [7, 11) is 2.03. The van der Waals surface area contributed by atoms with Gasteiger partial charge in [0.15, 0.2) is 0 Å². The Morgan fingerprint density at radius 2 is 2.04 bits per heavy atom. The van der Waals surface area contributed by atoms with Crippen LogP contribution in [0.1, 0.15) is 17.7 Å². The van der Waals surface area contributed by atoms with E-state index in [1.54, 1.807) is 0 Å². The summed E-state index contributed by atoms with van der Waals surface area (Å²) in [4.78, 5) is 13.4. The van der Waals surface area contributed by atoms with E-state index in [2.05, 4.69) is 33.5 Å². The smallest absolute Gasteiger partial charge is 0.126 e. The molecule has 2 aliphatic rings. The van der Waals surface area contributed by atoms with Gasteiger partial charge in [0.1, 0.15) is 11.7 Å². The summed E-state index contributed by atoms with van der Waals surface area (Å²) >= 11 is 0. The van der Waals surface area contributed by atoms with E-state index >= 15 is 0 Å². The quantitative estimate of drug-likeness (QED) is 0.822. The summed E-state index contributed by atoms with van der Waals surface area (Å²) in [5, 5.41) is 0. The highest BCUT2D eigenvalue weighted by atomic mass is 19.1. The van der Waals surface area contributed by atoms with Gasteiger partial charge in [-0.2, -0.15) is 0 Å². The molecule has 0 saturated carbocycles. The average Bonchev–Trinajstić information content (AvgIpc) is 2.70. The molecule has 2 aliphatic heterocycles. The number of aromatic nitrogens is 1. The molecule has 3 heterocycles. The zero-order valence-corrected chi connectivity index (χ0v) is 15.2. The number of nitrogens with zero attached hydrogens (tertiary/aromatic N) is 4. The lowest BCUT2D eigenvalue weighted by molar-refractivity contribution is 0.367. The van der Waals surface area contributed by atoms with E-state index in [0.29, 0.717) is 17.9 Å². The van der Waals surface area contributed by atoms with Crippen LogP contribution in [0.3, 0.4) is 0 Å². The zero-order chi connectivity index (χ0) is 18.8. The van der Waals surface area contributed by atoms with Crippen molar-refractivity contribution in [2.75, 3.05) is 7.05 Å². The fourth-order valence-electron chi connectivity index (χ4n) is 3.30. The van der Waals surface area contributed by atoms with Crippen LogP contribution in [0.4, 0.5) is 4.39 Å². The molecule has 0 N–H and O–H groups in total. The van der Waals surface area contributed by atoms with Crippen molar-refractivity contribution in [3.8, 4) is 0 Å². The first kappa shape index (κ1) is 17.2. The van der Waals surface area contributed by atoms with Crippen molar-refractivity contribution in [1.29, 1.82) is 0 Å². The fourth-order valence-corrected chi connectivity index (χ4v) is 3.30. The topological polar surface area (TPSA) is 31.7 Å². The van der Waals surface area contributed by atoms with E-state index in [1.807, 2.05) is 43.6 Å². The maximum absolute atomic E-state index is 13.7. The number of aliphatic imine (C=N–C) groups is 1. The van der Waals surface area contributed by atoms with Crippen molar-refractivity contribution < 1.29 is 4.39 Å². The van der Waals surface area contributed by atoms with Gasteiger partial charge >= 0.3 is 0 Å². The molecule has 0 saturated heterocycles. The molecule has 1 aromatic heterocycles. The number of amidine groups is 1. The summed E-state index contributed by atoms with van der Waals surface area (Å²) < 4.78 is 13.7. The number of fused-ring (bicyclic) bond motifs is 2. The molecule has 5 heteroatoms. The molecule has 1 atom stereocenters. The Labute approximate surface area is 158 Å². The highest BCUT2D eigenvalue weighted by molar-refractivity contribution is 5.92. The molecule has 0 spiro atoms. The van der Waals surface area contributed by atoms with Crippen LogP contribution in [-0.4, -0.2) is 33.7 Å². The van der Waals surface area contributed by atoms with Crippen LogP contribution in [0.5, 0.6) is 0 Å². The Hall–Kier alpha value is -3.21. The summed E-state index contributed by atoms with van der Waals surface area (Å²) in [6, 6.07) is 13.1. The van der Waals surface area contributed by atoms with E-state index in [1.165, 1.54) is 23.9 Å². The summed E-state index contributed by atoms with van der Waals surface area (Å²) in [6.45, 7) is 4.91. The maximum atomic E-state index is 13.7. The van der Waals surface area contributed by atoms with Gasteiger partial charge in [-0.05, 0) is 23.8 Å². The monoisotopic (exact) mass is 360 g/mol. The zero-order valence-electron chi connectivity index (χ0n) is 15.2. The second kappa shape index (κ2) is 7.19. The third-order valence-corrected chi connectivity index (χ3v) is 4.84. The summed E-state index contributed by atoms with van der Waals surface area (Å²) in [6.07, 6.45) is 8.31. The van der Waals surface area contributed by atoms with Gasteiger partial charge in [0, 0.05) is 44.2 Å². The van der Waals surface area contributed by atoms with Crippen LogP contribution < -0.4 is 0 Å². The van der Waals surface area contributed by atoms with E-state index in [9.17, 15) is 4.39 Å². The molecule has 0 aliphatic carbocycles. The Balaban J connectivity index is 1.76. The number of halogens is 1. The van der Waals surface area contributed by atoms with Gasteiger partial charge in [-0.15, -0.1) is 0 Å². The van der Waals surface area contributed by atoms with Gasteiger partial charge in [-0.1, -0.05) is 36.9 Å². The molecular weight excluding hydrogens is 339 g/mol. The molecule has 0 amide bonds. The van der Waals surface area contributed by atoms with E-state index < -0.39 is 0 Å². The highest BCUT2D eigenvalue weighted by Crippen LogP contribution is 2.28. The SMILES string of the molecule is C=C1/C=C\N(C)C2C=C(c3cc(F)ccn3)N=C(C2)N1Cc1ccccc1. The molecule has 4 nitrogen and oxygen atoms in total. The lowest BCUT2D eigenvalue weighted by Gasteiger charge is -2.36. The predicted octanol–water partition coefficient (Wildman–Crippen LogP) is 4.21. The number of likely N-dealkylation sites (N-methyl/N-ethyl adjacent to an activating group) is 1. The third-order valence-electron chi connectivity index (χ3n) is 4.84. The Morgan fingerprint density at radius 3 is 2.81 bits per heavy atom. The van der Waals surface area contributed by atoms with Crippen molar-refractivity contribution in [2.24, 2.45) is 4.99 Å². The molecule has 27 heavy (non-hydrogen) atoms. The second-order valence-corrected chi connectivity index (χ2v) is 6.75.